The van der Waals surface area contributed by atoms with E-state index in [-0.39, 0.29) is 6.04 Å². The summed E-state index contributed by atoms with van der Waals surface area (Å²) in [5.74, 6) is 0. The van der Waals surface area contributed by atoms with Crippen LogP contribution in [0.1, 0.15) is 29.2 Å². The van der Waals surface area contributed by atoms with Crippen molar-refractivity contribution in [2.24, 2.45) is 0 Å². The van der Waals surface area contributed by atoms with Crippen molar-refractivity contribution in [2.75, 3.05) is 13.1 Å². The maximum Gasteiger partial charge on any atom is 0.243 e. The van der Waals surface area contributed by atoms with E-state index < -0.39 is 10.0 Å². The van der Waals surface area contributed by atoms with Crippen LogP contribution in [0.4, 0.5) is 0 Å². The molecule has 0 aliphatic carbocycles. The van der Waals surface area contributed by atoms with Gasteiger partial charge < -0.3 is 0 Å². The van der Waals surface area contributed by atoms with Gasteiger partial charge in [0, 0.05) is 18.7 Å². The lowest BCUT2D eigenvalue weighted by molar-refractivity contribution is 0.428. The molecule has 1 aromatic heterocycles. The van der Waals surface area contributed by atoms with Crippen LogP contribution in [0, 0.1) is 20.8 Å². The van der Waals surface area contributed by atoms with Crippen molar-refractivity contribution in [3.05, 3.63) is 65.4 Å². The Morgan fingerprint density at radius 3 is 2.39 bits per heavy atom. The minimum absolute atomic E-state index is 0.00852. The van der Waals surface area contributed by atoms with Gasteiger partial charge in [-0.2, -0.15) is 4.31 Å². The minimum Gasteiger partial charge on any atom is -0.247 e. The van der Waals surface area contributed by atoms with E-state index in [0.29, 0.717) is 18.0 Å². The zero-order valence-corrected chi connectivity index (χ0v) is 17.1. The fraction of sp³-hybridized carbons (Fsp3) is 0.333. The lowest BCUT2D eigenvalue weighted by atomic mass is 10.1. The van der Waals surface area contributed by atoms with Crippen LogP contribution in [0.2, 0.25) is 0 Å². The Morgan fingerprint density at radius 2 is 1.71 bits per heavy atom. The highest BCUT2D eigenvalue weighted by Crippen LogP contribution is 2.31. The van der Waals surface area contributed by atoms with E-state index in [1.54, 1.807) is 8.99 Å². The predicted octanol–water partition coefficient (Wildman–Crippen LogP) is 3.51. The molecule has 0 bridgehead atoms. The number of rotatable bonds is 4. The van der Waals surface area contributed by atoms with E-state index in [2.05, 4.69) is 10.3 Å². The highest BCUT2D eigenvalue weighted by Gasteiger charge is 2.35. The molecule has 3 aromatic rings. The van der Waals surface area contributed by atoms with Gasteiger partial charge in [-0.15, -0.1) is 5.10 Å². The number of nitrogens with zero attached hydrogens (tertiary/aromatic N) is 4. The fourth-order valence-electron chi connectivity index (χ4n) is 4.04. The first kappa shape index (κ1) is 18.8. The summed E-state index contributed by atoms with van der Waals surface area (Å²) < 4.78 is 29.9. The van der Waals surface area contributed by atoms with Crippen LogP contribution < -0.4 is 0 Å². The largest absolute Gasteiger partial charge is 0.247 e. The number of hydrogen-bond acceptors (Lipinski definition) is 4. The van der Waals surface area contributed by atoms with Gasteiger partial charge in [-0.05, 0) is 38.3 Å². The monoisotopic (exact) mass is 396 g/mol. The predicted molar refractivity (Wildman–Crippen MR) is 109 cm³/mol. The Balaban J connectivity index is 1.57. The van der Waals surface area contributed by atoms with Gasteiger partial charge >= 0.3 is 0 Å². The van der Waals surface area contributed by atoms with Crippen LogP contribution in [-0.2, 0) is 10.0 Å². The molecule has 28 heavy (non-hydrogen) atoms. The van der Waals surface area contributed by atoms with E-state index >= 15 is 0 Å². The third-order valence-electron chi connectivity index (χ3n) is 5.28. The van der Waals surface area contributed by atoms with E-state index in [9.17, 15) is 8.42 Å². The topological polar surface area (TPSA) is 68.1 Å². The molecule has 0 amide bonds. The second-order valence-corrected chi connectivity index (χ2v) is 9.36. The summed E-state index contributed by atoms with van der Waals surface area (Å²) in [5.41, 5.74) is 4.47. The van der Waals surface area contributed by atoms with Gasteiger partial charge in [-0.3, -0.25) is 0 Å². The Kier molecular flexibility index (Phi) is 4.81. The maximum atomic E-state index is 13.3. The Hall–Kier alpha value is -2.51. The third-order valence-corrected chi connectivity index (χ3v) is 7.45. The average Bonchev–Trinajstić information content (AvgIpc) is 3.31. The first-order valence-corrected chi connectivity index (χ1v) is 10.9. The molecule has 1 aliphatic heterocycles. The second kappa shape index (κ2) is 7.14. The number of aryl methyl sites for hydroxylation is 3. The summed E-state index contributed by atoms with van der Waals surface area (Å²) in [6, 6.07) is 13.7. The molecule has 4 rings (SSSR count). The van der Waals surface area contributed by atoms with Crippen LogP contribution in [0.3, 0.4) is 0 Å². The van der Waals surface area contributed by atoms with Crippen LogP contribution in [0.15, 0.2) is 53.6 Å². The summed E-state index contributed by atoms with van der Waals surface area (Å²) in [6.07, 6.45) is 2.62. The quantitative estimate of drug-likeness (QED) is 0.677. The standard InChI is InChI=1S/C21H24N4O2S/c1-15-11-16(2)21(17(3)12-15)28(26,27)24-10-9-19(13-24)25-14-20(22-23-25)18-7-5-4-6-8-18/h4-8,11-12,14,19H,9-10,13H2,1-3H3. The molecule has 6 nitrogen and oxygen atoms in total. The Morgan fingerprint density at radius 1 is 1.04 bits per heavy atom. The zero-order valence-electron chi connectivity index (χ0n) is 16.3. The van der Waals surface area contributed by atoms with E-state index in [4.69, 9.17) is 0 Å². The zero-order chi connectivity index (χ0) is 19.9. The average molecular weight is 397 g/mol. The van der Waals surface area contributed by atoms with Crippen LogP contribution in [0.5, 0.6) is 0 Å². The van der Waals surface area contributed by atoms with E-state index in [1.165, 1.54) is 0 Å². The molecule has 1 aliphatic rings. The molecule has 1 unspecified atom stereocenters. The molecule has 1 atom stereocenters. The van der Waals surface area contributed by atoms with Crippen molar-refractivity contribution in [1.29, 1.82) is 0 Å². The molecule has 0 spiro atoms. The molecule has 7 heteroatoms. The molecule has 146 valence electrons. The second-order valence-electron chi connectivity index (χ2n) is 7.48. The molecular weight excluding hydrogens is 372 g/mol. The molecule has 0 radical (unpaired) electrons. The lowest BCUT2D eigenvalue weighted by Gasteiger charge is -2.20. The van der Waals surface area contributed by atoms with Crippen molar-refractivity contribution in [1.82, 2.24) is 19.3 Å². The first-order valence-electron chi connectivity index (χ1n) is 9.41. The van der Waals surface area contributed by atoms with Crippen molar-refractivity contribution in [3.8, 4) is 11.3 Å². The van der Waals surface area contributed by atoms with Crippen LogP contribution in [-0.4, -0.2) is 40.8 Å². The summed E-state index contributed by atoms with van der Waals surface area (Å²) in [5, 5.41) is 8.52. The molecular formula is C21H24N4O2S. The van der Waals surface area contributed by atoms with E-state index in [1.807, 2.05) is 69.4 Å². The molecule has 2 heterocycles. The van der Waals surface area contributed by atoms with Gasteiger partial charge in [0.2, 0.25) is 10.0 Å². The summed E-state index contributed by atoms with van der Waals surface area (Å²) in [4.78, 5) is 0.433. The summed E-state index contributed by atoms with van der Waals surface area (Å²) >= 11 is 0. The molecule has 1 fully saturated rings. The van der Waals surface area contributed by atoms with Crippen molar-refractivity contribution in [3.63, 3.8) is 0 Å². The lowest BCUT2D eigenvalue weighted by Crippen LogP contribution is -2.30. The SMILES string of the molecule is Cc1cc(C)c(S(=O)(=O)N2CCC(n3cc(-c4ccccc4)nn3)C2)c(C)c1. The Labute approximate surface area is 165 Å². The molecule has 1 saturated heterocycles. The van der Waals surface area contributed by atoms with Crippen molar-refractivity contribution >= 4 is 10.0 Å². The van der Waals surface area contributed by atoms with Crippen LogP contribution in [0.25, 0.3) is 11.3 Å². The van der Waals surface area contributed by atoms with Gasteiger partial charge in [-0.1, -0.05) is 53.2 Å². The van der Waals surface area contributed by atoms with Crippen LogP contribution >= 0.6 is 0 Å². The number of benzene rings is 2. The normalized spacial score (nSPS) is 17.9. The van der Waals surface area contributed by atoms with Gasteiger partial charge in [0.15, 0.2) is 0 Å². The molecule has 2 aromatic carbocycles. The van der Waals surface area contributed by atoms with Gasteiger partial charge in [0.05, 0.1) is 17.1 Å². The van der Waals surface area contributed by atoms with Crippen molar-refractivity contribution < 1.29 is 8.42 Å². The van der Waals surface area contributed by atoms with E-state index in [0.717, 1.165) is 34.4 Å². The fourth-order valence-corrected chi connectivity index (χ4v) is 5.95. The maximum absolute atomic E-state index is 13.3. The van der Waals surface area contributed by atoms with Gasteiger partial charge in [-0.25, -0.2) is 13.1 Å². The summed E-state index contributed by atoms with van der Waals surface area (Å²) in [7, 11) is -3.53. The highest BCUT2D eigenvalue weighted by atomic mass is 32.2. The number of sulfonamides is 1. The highest BCUT2D eigenvalue weighted by molar-refractivity contribution is 7.89. The van der Waals surface area contributed by atoms with Gasteiger partial charge in [0.1, 0.15) is 5.69 Å². The molecule has 0 saturated carbocycles. The van der Waals surface area contributed by atoms with Crippen molar-refractivity contribution in [2.45, 2.75) is 38.1 Å². The molecule has 0 N–H and O–H groups in total. The minimum atomic E-state index is -3.53. The number of aromatic nitrogens is 3. The number of hydrogen-bond donors (Lipinski definition) is 0. The Bertz CT molecular complexity index is 1080. The first-order chi connectivity index (χ1) is 13.4. The van der Waals surface area contributed by atoms with Gasteiger partial charge in [0.25, 0.3) is 0 Å². The third kappa shape index (κ3) is 3.36. The summed E-state index contributed by atoms with van der Waals surface area (Å²) in [6.45, 7) is 6.61. The smallest absolute Gasteiger partial charge is 0.243 e.